The van der Waals surface area contributed by atoms with Gasteiger partial charge in [0, 0.05) is 53.2 Å². The van der Waals surface area contributed by atoms with Gasteiger partial charge in [-0.25, -0.2) is 9.59 Å². The van der Waals surface area contributed by atoms with Crippen LogP contribution in [0, 0.1) is 5.41 Å². The Morgan fingerprint density at radius 3 is 1.23 bits per heavy atom. The van der Waals surface area contributed by atoms with E-state index in [1.54, 1.807) is 24.3 Å². The fourth-order valence-electron chi connectivity index (χ4n) is 8.45. The van der Waals surface area contributed by atoms with Gasteiger partial charge < -0.3 is 18.9 Å². The molecule has 0 bridgehead atoms. The Labute approximate surface area is 367 Å². The van der Waals surface area contributed by atoms with Crippen molar-refractivity contribution in [3.63, 3.8) is 0 Å². The van der Waals surface area contributed by atoms with Crippen molar-refractivity contribution < 1.29 is 28.5 Å². The van der Waals surface area contributed by atoms with Crippen molar-refractivity contribution in [3.8, 4) is 0 Å². The normalized spacial score (nSPS) is 13.0. The quantitative estimate of drug-likeness (QED) is 0.0621. The molecule has 0 aliphatic carbocycles. The monoisotopic (exact) mass is 864 g/mol. The van der Waals surface area contributed by atoms with Gasteiger partial charge in [0.2, 0.25) is 0 Å². The number of hydrogen-bond acceptors (Lipinski definition) is 10. The SMILES string of the molecule is CCC(CC)(CC(C)(C)OCCC(C)(C)OC(=O)c1ccc2sc3ccccc3c(=O)c2c1)CC(C)(C)OCCC(C)(C)OC(=O)c1ccc2sc3ccccc3c(=O)c2c1. The molecule has 0 N–H and O–H groups in total. The number of benzene rings is 4. The molecule has 8 nitrogen and oxygen atoms in total. The van der Waals surface area contributed by atoms with Crippen LogP contribution in [0.2, 0.25) is 0 Å². The number of rotatable bonds is 18. The van der Waals surface area contributed by atoms with Crippen LogP contribution in [0.4, 0.5) is 0 Å². The first-order valence-corrected chi connectivity index (χ1v) is 22.9. The van der Waals surface area contributed by atoms with Crippen molar-refractivity contribution in [2.75, 3.05) is 13.2 Å². The van der Waals surface area contributed by atoms with Gasteiger partial charge in [0.1, 0.15) is 11.2 Å². The average molecular weight is 865 g/mol. The second kappa shape index (κ2) is 18.1. The summed E-state index contributed by atoms with van der Waals surface area (Å²) >= 11 is 3.06. The number of hydrogen-bond donors (Lipinski definition) is 0. The van der Waals surface area contributed by atoms with E-state index in [1.807, 2.05) is 88.4 Å². The Morgan fingerprint density at radius 1 is 0.492 bits per heavy atom. The summed E-state index contributed by atoms with van der Waals surface area (Å²) in [6.07, 6.45) is 4.48. The summed E-state index contributed by atoms with van der Waals surface area (Å²) < 4.78 is 28.6. The van der Waals surface area contributed by atoms with E-state index in [9.17, 15) is 19.2 Å². The van der Waals surface area contributed by atoms with Crippen molar-refractivity contribution in [2.24, 2.45) is 5.41 Å². The molecular weight excluding hydrogens is 805 g/mol. The Balaban J connectivity index is 1.000. The van der Waals surface area contributed by atoms with Crippen LogP contribution in [-0.2, 0) is 18.9 Å². The maximum atomic E-state index is 13.4. The maximum Gasteiger partial charge on any atom is 0.338 e. The number of ether oxygens (including phenoxy) is 4. The predicted molar refractivity (Wildman–Crippen MR) is 252 cm³/mol. The molecule has 0 aliphatic rings. The maximum absolute atomic E-state index is 13.4. The van der Waals surface area contributed by atoms with Crippen molar-refractivity contribution in [3.05, 3.63) is 117 Å². The van der Waals surface area contributed by atoms with E-state index in [0.717, 1.165) is 44.5 Å². The standard InChI is InChI=1S/C51H60O8S2/c1-11-51(12-2,31-49(7,8)56-27-25-47(3,4)58-45(54)33-21-23-41-37(29-33)43(52)35-17-13-15-19-39(35)60-41)32-50(9,10)57-28-26-48(5,6)59-46(55)34-22-24-42-38(30-34)44(53)36-18-14-16-20-40(36)61-42/h13-24,29-30H,11-12,25-28,31-32H2,1-10H3. The molecule has 0 fully saturated rings. The van der Waals surface area contributed by atoms with Gasteiger partial charge in [-0.3, -0.25) is 9.59 Å². The smallest absolute Gasteiger partial charge is 0.338 e. The van der Waals surface area contributed by atoms with E-state index in [2.05, 4.69) is 41.5 Å². The van der Waals surface area contributed by atoms with Crippen LogP contribution in [-0.4, -0.2) is 47.6 Å². The van der Waals surface area contributed by atoms with Gasteiger partial charge in [-0.05, 0) is 134 Å². The zero-order chi connectivity index (χ0) is 44.4. The third-order valence-corrected chi connectivity index (χ3v) is 14.2. The molecule has 0 amide bonds. The van der Waals surface area contributed by atoms with Gasteiger partial charge in [-0.1, -0.05) is 51.0 Å². The Bertz CT molecular complexity index is 2500. The van der Waals surface area contributed by atoms with Crippen molar-refractivity contribution in [1.82, 2.24) is 0 Å². The Hall–Kier alpha value is -4.48. The summed E-state index contributed by atoms with van der Waals surface area (Å²) in [6, 6.07) is 25.4. The molecular formula is C51H60O8S2. The lowest BCUT2D eigenvalue weighted by atomic mass is 9.68. The molecule has 4 aromatic carbocycles. The van der Waals surface area contributed by atoms with Gasteiger partial charge in [0.25, 0.3) is 0 Å². The lowest BCUT2D eigenvalue weighted by Crippen LogP contribution is -2.41. The van der Waals surface area contributed by atoms with Gasteiger partial charge in [0.05, 0.1) is 35.5 Å². The number of esters is 2. The third kappa shape index (κ3) is 11.1. The highest BCUT2D eigenvalue weighted by Gasteiger charge is 2.40. The van der Waals surface area contributed by atoms with Crippen LogP contribution in [0.25, 0.3) is 40.3 Å². The van der Waals surface area contributed by atoms with Crippen molar-refractivity contribution in [2.45, 2.75) is 130 Å². The van der Waals surface area contributed by atoms with E-state index in [4.69, 9.17) is 18.9 Å². The fourth-order valence-corrected chi connectivity index (χ4v) is 10.6. The lowest BCUT2D eigenvalue weighted by Gasteiger charge is -2.44. The molecule has 2 aromatic heterocycles. The fraction of sp³-hybridized carbons (Fsp3) is 0.451. The van der Waals surface area contributed by atoms with Gasteiger partial charge >= 0.3 is 11.9 Å². The van der Waals surface area contributed by atoms with Crippen LogP contribution in [0.3, 0.4) is 0 Å². The summed E-state index contributed by atoms with van der Waals surface area (Å²) in [5.74, 6) is -0.941. The highest BCUT2D eigenvalue weighted by atomic mass is 32.1. The molecule has 0 unspecified atom stereocenters. The molecule has 0 aliphatic heterocycles. The largest absolute Gasteiger partial charge is 0.456 e. The predicted octanol–water partition coefficient (Wildman–Crippen LogP) is 12.7. The minimum Gasteiger partial charge on any atom is -0.456 e. The van der Waals surface area contributed by atoms with Crippen LogP contribution in [0.15, 0.2) is 94.5 Å². The molecule has 2 heterocycles. The minimum absolute atomic E-state index is 0.0671. The molecule has 6 aromatic rings. The molecule has 6 rings (SSSR count). The summed E-state index contributed by atoms with van der Waals surface area (Å²) in [5, 5.41) is 2.32. The molecule has 324 valence electrons. The summed E-state index contributed by atoms with van der Waals surface area (Å²) in [4.78, 5) is 53.2. The van der Waals surface area contributed by atoms with Crippen molar-refractivity contribution >= 4 is 75.0 Å². The first-order chi connectivity index (χ1) is 28.6. The first-order valence-electron chi connectivity index (χ1n) is 21.3. The molecule has 0 saturated heterocycles. The summed E-state index contributed by atoms with van der Waals surface area (Å²) in [5.41, 5.74) is -2.07. The summed E-state index contributed by atoms with van der Waals surface area (Å²) in [6.45, 7) is 21.3. The number of fused-ring (bicyclic) bond motifs is 4. The van der Waals surface area contributed by atoms with E-state index in [1.165, 1.54) is 22.7 Å². The Morgan fingerprint density at radius 2 is 0.852 bits per heavy atom. The zero-order valence-corrected chi connectivity index (χ0v) is 39.0. The van der Waals surface area contributed by atoms with E-state index >= 15 is 0 Å². The van der Waals surface area contributed by atoms with Crippen LogP contribution in [0.5, 0.6) is 0 Å². The topological polar surface area (TPSA) is 105 Å². The number of carbonyl (C=O) groups excluding carboxylic acids is 2. The van der Waals surface area contributed by atoms with Crippen LogP contribution >= 0.6 is 22.7 Å². The zero-order valence-electron chi connectivity index (χ0n) is 37.3. The van der Waals surface area contributed by atoms with E-state index in [-0.39, 0.29) is 16.3 Å². The second-order valence-corrected chi connectivity index (χ2v) is 21.0. The number of carbonyl (C=O) groups is 2. The van der Waals surface area contributed by atoms with Crippen LogP contribution in [0.1, 0.15) is 128 Å². The Kier molecular flexibility index (Phi) is 13.6. The van der Waals surface area contributed by atoms with Crippen LogP contribution < -0.4 is 10.9 Å². The highest BCUT2D eigenvalue weighted by molar-refractivity contribution is 7.24. The molecule has 61 heavy (non-hydrogen) atoms. The van der Waals surface area contributed by atoms with Gasteiger partial charge in [0.15, 0.2) is 10.9 Å². The average Bonchev–Trinajstić information content (AvgIpc) is 3.19. The third-order valence-electron chi connectivity index (χ3n) is 11.9. The molecule has 10 heteroatoms. The van der Waals surface area contributed by atoms with E-state index < -0.39 is 34.3 Å². The first kappa shape index (κ1) is 46.0. The van der Waals surface area contributed by atoms with E-state index in [0.29, 0.717) is 58.7 Å². The van der Waals surface area contributed by atoms with Gasteiger partial charge in [-0.15, -0.1) is 22.7 Å². The molecule has 0 radical (unpaired) electrons. The highest BCUT2D eigenvalue weighted by Crippen LogP contribution is 2.44. The van der Waals surface area contributed by atoms with Gasteiger partial charge in [-0.2, -0.15) is 0 Å². The minimum atomic E-state index is -0.801. The second-order valence-electron chi connectivity index (χ2n) is 18.9. The molecule has 0 spiro atoms. The summed E-state index contributed by atoms with van der Waals surface area (Å²) in [7, 11) is 0. The lowest BCUT2D eigenvalue weighted by molar-refractivity contribution is -0.104. The molecule has 0 saturated carbocycles. The molecule has 0 atom stereocenters. The van der Waals surface area contributed by atoms with Crippen molar-refractivity contribution in [1.29, 1.82) is 0 Å².